The Morgan fingerprint density at radius 1 is 0.933 bits per heavy atom. The fourth-order valence-corrected chi connectivity index (χ4v) is 4.19. The van der Waals surface area contributed by atoms with Crippen molar-refractivity contribution in [2.24, 2.45) is 5.41 Å². The van der Waals surface area contributed by atoms with Crippen LogP contribution in [0.4, 0.5) is 0 Å². The molecule has 0 aliphatic rings. The summed E-state index contributed by atoms with van der Waals surface area (Å²) in [6.07, 6.45) is 0.471. The lowest BCUT2D eigenvalue weighted by Crippen LogP contribution is -2.37. The average Bonchev–Trinajstić information content (AvgIpc) is 2.66. The summed E-state index contributed by atoms with van der Waals surface area (Å²) in [5, 5.41) is 19.8. The van der Waals surface area contributed by atoms with Gasteiger partial charge in [0.25, 0.3) is 0 Å². The zero-order valence-electron chi connectivity index (χ0n) is 19.3. The molecule has 2 N–H and O–H groups in total. The molecule has 0 spiro atoms. The molecule has 0 fully saturated rings. The third kappa shape index (κ3) is 8.47. The Bertz CT molecular complexity index is 735. The molecule has 2 aromatic rings. The van der Waals surface area contributed by atoms with Gasteiger partial charge in [0, 0.05) is 19.6 Å². The lowest BCUT2D eigenvalue weighted by atomic mass is 9.72. The summed E-state index contributed by atoms with van der Waals surface area (Å²) in [7, 11) is 0. The lowest BCUT2D eigenvalue weighted by Gasteiger charge is -2.33. The molecule has 0 aromatic heterocycles. The maximum atomic E-state index is 10.4. The van der Waals surface area contributed by atoms with Crippen molar-refractivity contribution >= 4 is 0 Å². The molecule has 0 saturated carbocycles. The normalized spacial score (nSPS) is 13.5. The van der Waals surface area contributed by atoms with Gasteiger partial charge in [0.1, 0.15) is 18.5 Å². The first-order valence-corrected chi connectivity index (χ1v) is 10.9. The van der Waals surface area contributed by atoms with E-state index in [9.17, 15) is 10.2 Å². The fourth-order valence-electron chi connectivity index (χ4n) is 4.19. The fraction of sp³-hybridized carbons (Fsp3) is 0.538. The van der Waals surface area contributed by atoms with Gasteiger partial charge in [-0.05, 0) is 40.5 Å². The van der Waals surface area contributed by atoms with Crippen LogP contribution in [0.2, 0.25) is 0 Å². The lowest BCUT2D eigenvalue weighted by molar-refractivity contribution is 0.0590. The van der Waals surface area contributed by atoms with Gasteiger partial charge in [0.2, 0.25) is 0 Å². The molecule has 0 aliphatic carbocycles. The quantitative estimate of drug-likeness (QED) is 0.564. The second-order valence-electron chi connectivity index (χ2n) is 10.1. The summed E-state index contributed by atoms with van der Waals surface area (Å²) in [6.45, 7) is 13.3. The number of hydrogen-bond donors (Lipinski definition) is 2. The standard InChI is InChI=1S/C26H39NO3/c1-25(2,3)20-26(4,5)22-11-13-24(14-12-22)30-19-23(29)18-27(15-16-28)17-21-9-7-6-8-10-21/h6-14,23,28-29H,15-20H2,1-5H3/t23-/m1/s1. The number of rotatable bonds is 11. The van der Waals surface area contributed by atoms with Crippen molar-refractivity contribution in [1.29, 1.82) is 0 Å². The molecule has 1 atom stereocenters. The van der Waals surface area contributed by atoms with E-state index in [2.05, 4.69) is 58.9 Å². The predicted octanol–water partition coefficient (Wildman–Crippen LogP) is 4.63. The highest BCUT2D eigenvalue weighted by Gasteiger charge is 2.27. The van der Waals surface area contributed by atoms with Crippen LogP contribution >= 0.6 is 0 Å². The SMILES string of the molecule is CC(C)(C)CC(C)(C)c1ccc(OC[C@H](O)CN(CCO)Cc2ccccc2)cc1. The average molecular weight is 414 g/mol. The molecule has 2 rings (SSSR count). The second-order valence-corrected chi connectivity index (χ2v) is 10.1. The van der Waals surface area contributed by atoms with Crippen LogP contribution in [-0.4, -0.2) is 47.5 Å². The third-order valence-electron chi connectivity index (χ3n) is 5.18. The Kier molecular flexibility index (Phi) is 8.90. The Balaban J connectivity index is 1.88. The van der Waals surface area contributed by atoms with Crippen LogP contribution in [0.1, 0.15) is 52.2 Å². The van der Waals surface area contributed by atoms with Gasteiger partial charge < -0.3 is 14.9 Å². The molecule has 0 unspecified atom stereocenters. The topological polar surface area (TPSA) is 52.9 Å². The third-order valence-corrected chi connectivity index (χ3v) is 5.18. The molecule has 4 nitrogen and oxygen atoms in total. The number of benzene rings is 2. The predicted molar refractivity (Wildman–Crippen MR) is 124 cm³/mol. The van der Waals surface area contributed by atoms with Gasteiger partial charge in [-0.3, -0.25) is 4.90 Å². The summed E-state index contributed by atoms with van der Waals surface area (Å²) in [6, 6.07) is 18.3. The molecule has 0 amide bonds. The van der Waals surface area contributed by atoms with E-state index >= 15 is 0 Å². The van der Waals surface area contributed by atoms with Crippen molar-refractivity contribution < 1.29 is 14.9 Å². The van der Waals surface area contributed by atoms with Gasteiger partial charge in [0.05, 0.1) is 6.61 Å². The van der Waals surface area contributed by atoms with Crippen LogP contribution < -0.4 is 4.74 Å². The maximum Gasteiger partial charge on any atom is 0.119 e. The number of ether oxygens (including phenoxy) is 1. The van der Waals surface area contributed by atoms with Crippen LogP contribution in [0.15, 0.2) is 54.6 Å². The van der Waals surface area contributed by atoms with Crippen LogP contribution in [0.25, 0.3) is 0 Å². The summed E-state index contributed by atoms with van der Waals surface area (Å²) >= 11 is 0. The van der Waals surface area contributed by atoms with Gasteiger partial charge in [0.15, 0.2) is 0 Å². The minimum atomic E-state index is -0.628. The Hall–Kier alpha value is -1.88. The van der Waals surface area contributed by atoms with Crippen molar-refractivity contribution in [2.75, 3.05) is 26.3 Å². The first-order valence-electron chi connectivity index (χ1n) is 10.9. The van der Waals surface area contributed by atoms with E-state index in [1.165, 1.54) is 5.56 Å². The smallest absolute Gasteiger partial charge is 0.119 e. The zero-order chi connectivity index (χ0) is 22.2. The minimum Gasteiger partial charge on any atom is -0.491 e. The first-order chi connectivity index (χ1) is 14.1. The summed E-state index contributed by atoms with van der Waals surface area (Å²) in [4.78, 5) is 2.04. The zero-order valence-corrected chi connectivity index (χ0v) is 19.3. The molecule has 2 aromatic carbocycles. The first kappa shape index (κ1) is 24.4. The minimum absolute atomic E-state index is 0.0617. The van der Waals surface area contributed by atoms with Gasteiger partial charge >= 0.3 is 0 Å². The van der Waals surface area contributed by atoms with Crippen molar-refractivity contribution in [2.45, 2.75) is 59.1 Å². The molecule has 4 heteroatoms. The van der Waals surface area contributed by atoms with Crippen molar-refractivity contribution in [3.05, 3.63) is 65.7 Å². The molecular weight excluding hydrogens is 374 g/mol. The molecule has 0 saturated heterocycles. The second kappa shape index (κ2) is 10.9. The van der Waals surface area contributed by atoms with E-state index in [4.69, 9.17) is 4.74 Å². The highest BCUT2D eigenvalue weighted by Crippen LogP contribution is 2.36. The Morgan fingerprint density at radius 3 is 2.13 bits per heavy atom. The summed E-state index contributed by atoms with van der Waals surface area (Å²) in [5.74, 6) is 0.765. The van der Waals surface area contributed by atoms with E-state index in [1.54, 1.807) is 0 Å². The van der Waals surface area contributed by atoms with Gasteiger partial charge in [-0.2, -0.15) is 0 Å². The van der Waals surface area contributed by atoms with E-state index in [0.717, 1.165) is 17.7 Å². The van der Waals surface area contributed by atoms with Crippen LogP contribution in [0, 0.1) is 5.41 Å². The Labute approximate surface area is 182 Å². The highest BCUT2D eigenvalue weighted by atomic mass is 16.5. The van der Waals surface area contributed by atoms with Crippen molar-refractivity contribution in [1.82, 2.24) is 4.90 Å². The molecule has 0 aliphatic heterocycles. The molecule has 0 bridgehead atoms. The summed E-state index contributed by atoms with van der Waals surface area (Å²) in [5.41, 5.74) is 2.82. The summed E-state index contributed by atoms with van der Waals surface area (Å²) < 4.78 is 5.83. The number of aliphatic hydroxyl groups excluding tert-OH is 2. The van der Waals surface area contributed by atoms with Crippen molar-refractivity contribution in [3.8, 4) is 5.75 Å². The molecule has 166 valence electrons. The van der Waals surface area contributed by atoms with Crippen molar-refractivity contribution in [3.63, 3.8) is 0 Å². The van der Waals surface area contributed by atoms with Crippen LogP contribution in [0.3, 0.4) is 0 Å². The number of nitrogens with zero attached hydrogens (tertiary/aromatic N) is 1. The molecular formula is C26H39NO3. The molecule has 0 heterocycles. The highest BCUT2D eigenvalue weighted by molar-refractivity contribution is 5.31. The molecule has 0 radical (unpaired) electrons. The van der Waals surface area contributed by atoms with Gasteiger partial charge in [-0.1, -0.05) is 77.1 Å². The molecule has 30 heavy (non-hydrogen) atoms. The van der Waals surface area contributed by atoms with E-state index in [-0.39, 0.29) is 24.0 Å². The van der Waals surface area contributed by atoms with E-state index < -0.39 is 6.10 Å². The van der Waals surface area contributed by atoms with Crippen LogP contribution in [-0.2, 0) is 12.0 Å². The number of hydrogen-bond acceptors (Lipinski definition) is 4. The Morgan fingerprint density at radius 2 is 1.57 bits per heavy atom. The maximum absolute atomic E-state index is 10.4. The van der Waals surface area contributed by atoms with Gasteiger partial charge in [-0.15, -0.1) is 0 Å². The largest absolute Gasteiger partial charge is 0.491 e. The van der Waals surface area contributed by atoms with Crippen LogP contribution in [0.5, 0.6) is 5.75 Å². The van der Waals surface area contributed by atoms with Gasteiger partial charge in [-0.25, -0.2) is 0 Å². The number of aliphatic hydroxyl groups is 2. The monoisotopic (exact) mass is 413 g/mol. The van der Waals surface area contributed by atoms with E-state index in [1.807, 2.05) is 35.2 Å². The van der Waals surface area contributed by atoms with E-state index in [0.29, 0.717) is 19.6 Å².